The van der Waals surface area contributed by atoms with Crippen LogP contribution in [-0.4, -0.2) is 221 Å². The molecule has 0 spiro atoms. The lowest BCUT2D eigenvalue weighted by Crippen LogP contribution is -2.63. The number of fused-ring (bicyclic) bond motifs is 6. The Labute approximate surface area is 607 Å². The number of carbonyl (C=O) groups excluding carboxylic acids is 10. The number of alkyl halides is 2. The molecule has 31 nitrogen and oxygen atoms in total. The first-order valence-corrected chi connectivity index (χ1v) is 35.5. The predicted octanol–water partition coefficient (Wildman–Crippen LogP) is 3.71. The van der Waals surface area contributed by atoms with Gasteiger partial charge in [-0.2, -0.15) is 0 Å². The fourth-order valence-corrected chi connectivity index (χ4v) is 12.3. The Morgan fingerprint density at radius 2 is 1.50 bits per heavy atom. The molecule has 0 aliphatic carbocycles. The Hall–Kier alpha value is -7.47. The molecule has 9 amide bonds. The van der Waals surface area contributed by atoms with Crippen molar-refractivity contribution < 1.29 is 95.7 Å². The first-order chi connectivity index (χ1) is 48.1. The molecule has 9 N–H and O–H groups in total. The zero-order chi connectivity index (χ0) is 74.1. The van der Waals surface area contributed by atoms with Gasteiger partial charge in [0, 0.05) is 75.6 Å². The largest absolute Gasteiger partial charge is 0.495 e. The number of unbranched alkanes of at least 4 members (excludes halogenated alkanes) is 1. The van der Waals surface area contributed by atoms with Crippen molar-refractivity contribution in [3.63, 3.8) is 0 Å². The van der Waals surface area contributed by atoms with Crippen molar-refractivity contribution in [2.24, 2.45) is 11.7 Å². The van der Waals surface area contributed by atoms with Crippen molar-refractivity contribution in [1.29, 1.82) is 0 Å². The number of ether oxygens (including phenoxy) is 9. The average Bonchev–Trinajstić information content (AvgIpc) is 1.57. The van der Waals surface area contributed by atoms with Gasteiger partial charge in [0.05, 0.1) is 107 Å². The molecular formula is C67H92Br2ClN11O20. The van der Waals surface area contributed by atoms with E-state index in [0.717, 1.165) is 22.5 Å². The fourth-order valence-electron chi connectivity index (χ4n) is 11.1. The summed E-state index contributed by atoms with van der Waals surface area (Å²) in [7, 11) is 5.76. The molecule has 10 atom stereocenters. The molecule has 0 saturated carbocycles. The Kier molecular flexibility index (Phi) is 32.5. The van der Waals surface area contributed by atoms with E-state index in [-0.39, 0.29) is 89.1 Å². The van der Waals surface area contributed by atoms with Crippen molar-refractivity contribution in [2.45, 2.75) is 157 Å². The normalized spacial score (nSPS) is 22.3. The Morgan fingerprint density at radius 3 is 2.15 bits per heavy atom. The van der Waals surface area contributed by atoms with E-state index < -0.39 is 126 Å². The number of carbonyl (C=O) groups is 10. The number of halogens is 3. The number of amides is 9. The topological polar surface area (TPSA) is 408 Å². The molecule has 3 aromatic rings. The van der Waals surface area contributed by atoms with Gasteiger partial charge in [-0.3, -0.25) is 54.5 Å². The molecule has 556 valence electrons. The van der Waals surface area contributed by atoms with Gasteiger partial charge in [-0.25, -0.2) is 19.6 Å². The lowest BCUT2D eigenvalue weighted by molar-refractivity contribution is -0.162. The van der Waals surface area contributed by atoms with Gasteiger partial charge in [0.15, 0.2) is 5.72 Å². The highest BCUT2D eigenvalue weighted by Crippen LogP contribution is 2.49. The van der Waals surface area contributed by atoms with Crippen LogP contribution < -0.4 is 47.5 Å². The average molecular weight is 1570 g/mol. The van der Waals surface area contributed by atoms with Crippen molar-refractivity contribution in [1.82, 2.24) is 47.0 Å². The number of epoxide rings is 1. The summed E-state index contributed by atoms with van der Waals surface area (Å²) in [5.74, 6) is -6.42. The Bertz CT molecular complexity index is 3500. The Morgan fingerprint density at radius 1 is 0.861 bits per heavy atom. The highest BCUT2D eigenvalue weighted by Gasteiger charge is 2.64. The van der Waals surface area contributed by atoms with E-state index in [9.17, 15) is 53.1 Å². The molecule has 2 aromatic carbocycles. The third-order valence-electron chi connectivity index (χ3n) is 17.2. The number of likely N-dealkylation sites (N-methyl/N-ethyl adjacent to an activating group) is 1. The number of hydrogen-bond donors (Lipinski definition) is 8. The van der Waals surface area contributed by atoms with Crippen LogP contribution in [0.5, 0.6) is 5.75 Å². The summed E-state index contributed by atoms with van der Waals surface area (Å²) in [5, 5.41) is 23.3. The van der Waals surface area contributed by atoms with Crippen LogP contribution in [0.25, 0.3) is 11.0 Å². The number of esters is 1. The molecule has 0 radical (unpaired) electrons. The van der Waals surface area contributed by atoms with Crippen LogP contribution >= 0.6 is 43.5 Å². The van der Waals surface area contributed by atoms with Crippen LogP contribution in [0.15, 0.2) is 54.1 Å². The molecule has 0 unspecified atom stereocenters. The quantitative estimate of drug-likeness (QED) is 0.0139. The van der Waals surface area contributed by atoms with E-state index in [2.05, 4.69) is 73.9 Å². The predicted molar refractivity (Wildman–Crippen MR) is 374 cm³/mol. The minimum atomic E-state index is -1.91. The molecule has 34 heteroatoms. The van der Waals surface area contributed by atoms with Gasteiger partial charge in [-0.15, -0.1) is 0 Å². The summed E-state index contributed by atoms with van der Waals surface area (Å²) in [5.41, 5.74) is 11.9. The number of nitrogens with one attached hydrogen (secondary N) is 6. The maximum absolute atomic E-state index is 14.4. The Balaban J connectivity index is 0.867. The summed E-state index contributed by atoms with van der Waals surface area (Å²) in [6.07, 6.45) is -0.654. The highest BCUT2D eigenvalue weighted by atomic mass is 79.9. The van der Waals surface area contributed by atoms with E-state index >= 15 is 0 Å². The first kappa shape index (κ1) is 82.5. The van der Waals surface area contributed by atoms with Crippen LogP contribution in [0.2, 0.25) is 5.02 Å². The first-order valence-electron chi connectivity index (χ1n) is 32.9. The van der Waals surface area contributed by atoms with E-state index in [1.165, 1.54) is 52.0 Å². The zero-order valence-electron chi connectivity index (χ0n) is 58.1. The number of alkyl carbamates (subject to hydrolysis) is 1. The molecule has 2 fully saturated rings. The fraction of sp³-hybridized carbons (Fsp3) is 0.582. The third-order valence-corrected chi connectivity index (χ3v) is 18.6. The lowest BCUT2D eigenvalue weighted by atomic mass is 9.83. The molecule has 3 aliphatic heterocycles. The number of primary amides is 1. The summed E-state index contributed by atoms with van der Waals surface area (Å²) < 4.78 is 51.4. The molecule has 2 saturated heterocycles. The van der Waals surface area contributed by atoms with Crippen molar-refractivity contribution in [3.05, 3.63) is 81.7 Å². The number of allylic oxidation sites excluding steroid dienone is 3. The third kappa shape index (κ3) is 24.3. The summed E-state index contributed by atoms with van der Waals surface area (Å²) >= 11 is 13.7. The van der Waals surface area contributed by atoms with E-state index in [4.69, 9.17) is 60.0 Å². The van der Waals surface area contributed by atoms with Crippen molar-refractivity contribution in [2.75, 3.05) is 92.6 Å². The van der Waals surface area contributed by atoms with Crippen LogP contribution in [0, 0.1) is 5.92 Å². The second kappa shape index (κ2) is 39.8. The monoisotopic (exact) mass is 1560 g/mol. The second-order valence-corrected chi connectivity index (χ2v) is 26.2. The van der Waals surface area contributed by atoms with E-state index in [1.807, 2.05) is 13.0 Å². The lowest BCUT2D eigenvalue weighted by Gasteiger charge is -2.42. The zero-order valence-corrected chi connectivity index (χ0v) is 62.0. The smallest absolute Gasteiger partial charge is 0.409 e. The van der Waals surface area contributed by atoms with Gasteiger partial charge in [0.25, 0.3) is 11.8 Å². The number of aromatic nitrogens is 2. The van der Waals surface area contributed by atoms with Gasteiger partial charge in [0.1, 0.15) is 52.8 Å². The molecular weight excluding hydrogens is 1470 g/mol. The van der Waals surface area contributed by atoms with Crippen molar-refractivity contribution in [3.8, 4) is 5.75 Å². The minimum absolute atomic E-state index is 0.0535. The summed E-state index contributed by atoms with van der Waals surface area (Å²) in [6.45, 7) is 10.0. The van der Waals surface area contributed by atoms with Crippen LogP contribution in [0.4, 0.5) is 10.5 Å². The minimum Gasteiger partial charge on any atom is -0.495 e. The number of anilines is 1. The van der Waals surface area contributed by atoms with Crippen LogP contribution in [-0.2, 0) is 93.3 Å². The standard InChI is InChI=1S/C67H92Br2ClN11O20/c1-38-13-12-14-52(94-9)67(92)35-51(99-65(91)77-67)39(2)60-66(5,101-60)53(34-58(86)81(7)49-30-42(29-38)31-50(93-8)59(49)70)100-64(90)41(4)80(6)57(85)16-11-10-15-56(84)78-79-61(87)40(3)73-63(89)46(33-54(71)82)76-55(83)19-21-95-23-25-97-27-28-98-26-24-96-22-20-72-62(88)43-17-18-44-45(32-43)75-48(37-69)47(36-68)74-44/h12-14,17-18,30-32,39-41,46,51-53,60,92H,10-11,15-16,19-29,33-37H2,1-9H3,(H2,71,82)(H,72,88)(H,73,89)(H,76,83)(H,77,91)(H,78,84)(H,79,87)/b14-12+,38-13+/t39-,40+,41+,46+,51+,52-,53+,60+,66+,67+/m1/s1. The number of benzene rings is 2. The van der Waals surface area contributed by atoms with Gasteiger partial charge in [-0.1, -0.05) is 74.2 Å². The van der Waals surface area contributed by atoms with E-state index in [0.29, 0.717) is 64.9 Å². The van der Waals surface area contributed by atoms with Gasteiger partial charge in [-0.05, 0) is 82.9 Å². The van der Waals surface area contributed by atoms with E-state index in [1.54, 1.807) is 56.3 Å². The summed E-state index contributed by atoms with van der Waals surface area (Å²) in [4.78, 5) is 143. The SMILES string of the molecule is COc1cc2cc(c1Cl)N(C)C(=O)C[C@H](OC(=O)[C@H](C)N(C)C(=O)CCCCC(=O)NNC(=O)[C@H](C)NC(=O)[C@H](CC(N)=O)NC(=O)CCOCCOCCOCCOCCNC(=O)c1ccc3nc(CBr)c(CBr)nc3c1)[C@]1(C)O[C@H]1[C@H](C)[C@@H]1C[C@@](O)(NC(=O)O1)[C@H](OC)/C=C/C=C(\C)C2. The maximum Gasteiger partial charge on any atom is 0.409 e. The van der Waals surface area contributed by atoms with Gasteiger partial charge < -0.3 is 79.2 Å². The number of rotatable bonds is 34. The molecule has 4 bridgehead atoms. The number of aliphatic hydroxyl groups is 1. The number of nitrogens with zero attached hydrogens (tertiary/aromatic N) is 4. The molecule has 3 aliphatic rings. The van der Waals surface area contributed by atoms with Crippen molar-refractivity contribution >= 4 is 120 Å². The van der Waals surface area contributed by atoms with Crippen LogP contribution in [0.1, 0.15) is 113 Å². The maximum atomic E-state index is 14.4. The highest BCUT2D eigenvalue weighted by molar-refractivity contribution is 9.09. The number of nitrogens with two attached hydrogens (primary N) is 1. The van der Waals surface area contributed by atoms with Crippen LogP contribution in [0.3, 0.4) is 0 Å². The molecule has 6 rings (SSSR count). The molecule has 1 aromatic heterocycles. The number of hydrogen-bond acceptors (Lipinski definition) is 22. The molecule has 4 heterocycles. The number of hydrazine groups is 1. The number of methoxy groups -OCH3 is 2. The summed E-state index contributed by atoms with van der Waals surface area (Å²) in [6, 6.07) is 4.74. The second-order valence-electron chi connectivity index (χ2n) is 24.7. The van der Waals surface area contributed by atoms with Gasteiger partial charge >= 0.3 is 12.1 Å². The van der Waals surface area contributed by atoms with Gasteiger partial charge in [0.2, 0.25) is 35.4 Å². The molecule has 101 heavy (non-hydrogen) atoms.